The highest BCUT2D eigenvalue weighted by atomic mass is 16.5. The first-order valence-electron chi connectivity index (χ1n) is 9.59. The molecule has 0 radical (unpaired) electrons. The third-order valence-corrected chi connectivity index (χ3v) is 5.13. The lowest BCUT2D eigenvalue weighted by Gasteiger charge is -2.26. The monoisotopic (exact) mass is 349 g/mol. The van der Waals surface area contributed by atoms with Crippen LogP contribution in [-0.2, 0) is 13.0 Å². The van der Waals surface area contributed by atoms with Crippen LogP contribution in [0, 0.1) is 0 Å². The topological polar surface area (TPSA) is 40.3 Å². The van der Waals surface area contributed by atoms with Crippen molar-refractivity contribution < 1.29 is 4.74 Å². The first-order chi connectivity index (χ1) is 12.9. The molecule has 26 heavy (non-hydrogen) atoms. The third-order valence-electron chi connectivity index (χ3n) is 5.13. The van der Waals surface area contributed by atoms with Gasteiger partial charge in [0.15, 0.2) is 0 Å². The number of hydrogen-bond acceptors (Lipinski definition) is 3. The van der Waals surface area contributed by atoms with Crippen molar-refractivity contribution in [2.75, 3.05) is 32.7 Å². The molecule has 4 rings (SSSR count). The van der Waals surface area contributed by atoms with Crippen molar-refractivity contribution in [3.63, 3.8) is 0 Å². The summed E-state index contributed by atoms with van der Waals surface area (Å²) in [5.41, 5.74) is 3.69. The maximum absolute atomic E-state index is 6.07. The molecule has 4 heteroatoms. The molecule has 0 saturated carbocycles. The van der Waals surface area contributed by atoms with Crippen LogP contribution in [-0.4, -0.2) is 42.6 Å². The zero-order chi connectivity index (χ0) is 17.6. The molecule has 3 aromatic rings. The van der Waals surface area contributed by atoms with E-state index in [1.807, 2.05) is 24.3 Å². The lowest BCUT2D eigenvalue weighted by Crippen LogP contribution is -2.43. The summed E-state index contributed by atoms with van der Waals surface area (Å²) in [6.07, 6.45) is 4.45. The number of rotatable bonds is 7. The molecule has 1 fully saturated rings. The summed E-state index contributed by atoms with van der Waals surface area (Å²) in [5, 5.41) is 4.70. The fraction of sp³-hybridized carbons (Fsp3) is 0.364. The molecule has 0 bridgehead atoms. The van der Waals surface area contributed by atoms with Gasteiger partial charge in [0.1, 0.15) is 12.4 Å². The van der Waals surface area contributed by atoms with Gasteiger partial charge in [0, 0.05) is 37.8 Å². The molecule has 2 aromatic carbocycles. The van der Waals surface area contributed by atoms with Gasteiger partial charge in [-0.05, 0) is 36.6 Å². The summed E-state index contributed by atoms with van der Waals surface area (Å²) in [6, 6.07) is 16.6. The molecule has 2 heterocycles. The third kappa shape index (κ3) is 4.09. The van der Waals surface area contributed by atoms with Gasteiger partial charge in [-0.15, -0.1) is 0 Å². The zero-order valence-corrected chi connectivity index (χ0v) is 15.2. The Morgan fingerprint density at radius 1 is 0.962 bits per heavy atom. The molecule has 2 N–H and O–H groups in total. The number of para-hydroxylation sites is 1. The molecule has 1 aromatic heterocycles. The van der Waals surface area contributed by atoms with Crippen LogP contribution < -0.4 is 10.1 Å². The Labute approximate surface area is 155 Å². The summed E-state index contributed by atoms with van der Waals surface area (Å²) >= 11 is 0. The number of aryl methyl sites for hydroxylation is 1. The van der Waals surface area contributed by atoms with Crippen molar-refractivity contribution in [1.82, 2.24) is 15.2 Å². The number of benzene rings is 2. The van der Waals surface area contributed by atoms with E-state index in [0.717, 1.165) is 30.8 Å². The Balaban J connectivity index is 1.39. The Hall–Kier alpha value is -2.30. The average Bonchev–Trinajstić information content (AvgIpc) is 3.12. The van der Waals surface area contributed by atoms with Gasteiger partial charge in [0.05, 0.1) is 5.52 Å². The summed E-state index contributed by atoms with van der Waals surface area (Å²) in [4.78, 5) is 5.99. The highest BCUT2D eigenvalue weighted by Gasteiger charge is 2.11. The smallest absolute Gasteiger partial charge is 0.143 e. The molecule has 0 unspecified atom stereocenters. The number of fused-ring (bicyclic) bond motifs is 1. The van der Waals surface area contributed by atoms with Crippen LogP contribution in [0.5, 0.6) is 5.75 Å². The summed E-state index contributed by atoms with van der Waals surface area (Å²) in [7, 11) is 0. The van der Waals surface area contributed by atoms with E-state index >= 15 is 0 Å². The average molecular weight is 349 g/mol. The highest BCUT2D eigenvalue weighted by Crippen LogP contribution is 2.28. The fourth-order valence-corrected chi connectivity index (χ4v) is 3.67. The van der Waals surface area contributed by atoms with E-state index in [1.54, 1.807) is 0 Å². The second-order valence-electron chi connectivity index (χ2n) is 6.96. The normalized spacial score (nSPS) is 15.4. The van der Waals surface area contributed by atoms with Crippen LogP contribution in [0.15, 0.2) is 54.7 Å². The van der Waals surface area contributed by atoms with Crippen LogP contribution in [0.3, 0.4) is 0 Å². The van der Waals surface area contributed by atoms with Gasteiger partial charge in [-0.1, -0.05) is 42.5 Å². The van der Waals surface area contributed by atoms with E-state index in [-0.39, 0.29) is 0 Å². The maximum atomic E-state index is 6.07. The number of piperazine rings is 1. The van der Waals surface area contributed by atoms with E-state index in [0.29, 0.717) is 6.61 Å². The Bertz CT molecular complexity index is 822. The molecule has 0 spiro atoms. The first-order valence-corrected chi connectivity index (χ1v) is 9.59. The number of hydrogen-bond donors (Lipinski definition) is 2. The van der Waals surface area contributed by atoms with Crippen molar-refractivity contribution in [2.45, 2.75) is 19.4 Å². The van der Waals surface area contributed by atoms with Crippen LogP contribution in [0.4, 0.5) is 0 Å². The quantitative estimate of drug-likeness (QED) is 0.685. The summed E-state index contributed by atoms with van der Waals surface area (Å²) in [6.45, 7) is 6.36. The molecule has 0 aliphatic carbocycles. The van der Waals surface area contributed by atoms with Crippen LogP contribution >= 0.6 is 0 Å². The molecule has 1 aliphatic rings. The van der Waals surface area contributed by atoms with Gasteiger partial charge in [-0.2, -0.15) is 0 Å². The first kappa shape index (κ1) is 17.1. The van der Waals surface area contributed by atoms with Crippen LogP contribution in [0.1, 0.15) is 17.5 Å². The Morgan fingerprint density at radius 3 is 2.65 bits per heavy atom. The molecule has 1 aliphatic heterocycles. The van der Waals surface area contributed by atoms with E-state index in [9.17, 15) is 0 Å². The SMILES string of the molecule is c1ccc(COc2cccc3c(CCCN4CCNCC4)c[nH]c23)cc1. The minimum atomic E-state index is 0.595. The minimum absolute atomic E-state index is 0.595. The van der Waals surface area contributed by atoms with Crippen LogP contribution in [0.25, 0.3) is 10.9 Å². The number of nitrogens with zero attached hydrogens (tertiary/aromatic N) is 1. The zero-order valence-electron chi connectivity index (χ0n) is 15.2. The van der Waals surface area contributed by atoms with Gasteiger partial charge in [0.2, 0.25) is 0 Å². The van der Waals surface area contributed by atoms with E-state index in [1.165, 1.54) is 42.6 Å². The van der Waals surface area contributed by atoms with E-state index < -0.39 is 0 Å². The van der Waals surface area contributed by atoms with Gasteiger partial charge in [-0.25, -0.2) is 0 Å². The number of aromatic nitrogens is 1. The van der Waals surface area contributed by atoms with Gasteiger partial charge in [-0.3, -0.25) is 0 Å². The number of aromatic amines is 1. The molecule has 4 nitrogen and oxygen atoms in total. The van der Waals surface area contributed by atoms with Gasteiger partial charge >= 0.3 is 0 Å². The minimum Gasteiger partial charge on any atom is -0.487 e. The largest absolute Gasteiger partial charge is 0.487 e. The van der Waals surface area contributed by atoms with Gasteiger partial charge in [0.25, 0.3) is 0 Å². The second-order valence-corrected chi connectivity index (χ2v) is 6.96. The lowest BCUT2D eigenvalue weighted by molar-refractivity contribution is 0.238. The molecular weight excluding hydrogens is 322 g/mol. The van der Waals surface area contributed by atoms with Crippen LogP contribution in [0.2, 0.25) is 0 Å². The second kappa shape index (κ2) is 8.39. The van der Waals surface area contributed by atoms with Gasteiger partial charge < -0.3 is 19.9 Å². The molecule has 0 amide bonds. The number of ether oxygens (including phenoxy) is 1. The fourth-order valence-electron chi connectivity index (χ4n) is 3.67. The van der Waals surface area contributed by atoms with Crippen molar-refractivity contribution in [2.24, 2.45) is 0 Å². The van der Waals surface area contributed by atoms with Crippen molar-refractivity contribution in [3.8, 4) is 5.75 Å². The molecular formula is C22H27N3O. The number of nitrogens with one attached hydrogen (secondary N) is 2. The predicted octanol–water partition coefficient (Wildman–Crippen LogP) is 3.58. The predicted molar refractivity (Wildman–Crippen MR) is 107 cm³/mol. The standard InChI is InChI=1S/C22H27N3O/c1-2-6-18(7-3-1)17-26-21-10-4-9-20-19(16-24-22(20)21)8-5-13-25-14-11-23-12-15-25/h1-4,6-7,9-10,16,23-24H,5,8,11-15,17H2. The van der Waals surface area contributed by atoms with E-state index in [4.69, 9.17) is 4.74 Å². The Kier molecular flexibility index (Phi) is 5.53. The van der Waals surface area contributed by atoms with E-state index in [2.05, 4.69) is 45.7 Å². The van der Waals surface area contributed by atoms with Crippen molar-refractivity contribution in [3.05, 3.63) is 65.9 Å². The highest BCUT2D eigenvalue weighted by molar-refractivity contribution is 5.88. The molecule has 0 atom stereocenters. The summed E-state index contributed by atoms with van der Waals surface area (Å²) in [5.74, 6) is 0.930. The Morgan fingerprint density at radius 2 is 1.81 bits per heavy atom. The molecule has 136 valence electrons. The number of H-pyrrole nitrogens is 1. The van der Waals surface area contributed by atoms with Crippen molar-refractivity contribution >= 4 is 10.9 Å². The maximum Gasteiger partial charge on any atom is 0.143 e. The molecule has 1 saturated heterocycles. The lowest BCUT2D eigenvalue weighted by atomic mass is 10.1. The van der Waals surface area contributed by atoms with Crippen molar-refractivity contribution in [1.29, 1.82) is 0 Å². The summed E-state index contributed by atoms with van der Waals surface area (Å²) < 4.78 is 6.07.